The number of likely N-dealkylation sites (tertiary alicyclic amines) is 1. The Hall–Kier alpha value is -1.79. The summed E-state index contributed by atoms with van der Waals surface area (Å²) < 4.78 is 1.54. The van der Waals surface area contributed by atoms with Gasteiger partial charge in [-0.05, 0) is 43.9 Å². The van der Waals surface area contributed by atoms with Crippen LogP contribution in [0.4, 0.5) is 0 Å². The van der Waals surface area contributed by atoms with E-state index in [0.717, 1.165) is 31.5 Å². The number of thioether (sulfide) groups is 1. The number of benzene rings is 1. The number of halogens is 1. The minimum absolute atomic E-state index is 0.0737. The second-order valence-electron chi connectivity index (χ2n) is 6.86. The molecule has 27 heavy (non-hydrogen) atoms. The third-order valence-electron chi connectivity index (χ3n) is 4.85. The maximum Gasteiger partial charge on any atom is 0.257 e. The molecule has 0 N–H and O–H groups in total. The Kier molecular flexibility index (Phi) is 6.60. The van der Waals surface area contributed by atoms with Crippen LogP contribution >= 0.6 is 23.4 Å². The summed E-state index contributed by atoms with van der Waals surface area (Å²) in [5.41, 5.74) is 2.26. The molecule has 1 fully saturated rings. The Bertz CT molecular complexity index is 891. The summed E-state index contributed by atoms with van der Waals surface area (Å²) in [6.45, 7) is 3.52. The van der Waals surface area contributed by atoms with Crippen molar-refractivity contribution in [1.82, 2.24) is 14.5 Å². The molecule has 1 saturated heterocycles. The molecule has 1 aliphatic heterocycles. The first kappa shape index (κ1) is 20.0. The Morgan fingerprint density at radius 2 is 2.00 bits per heavy atom. The van der Waals surface area contributed by atoms with Gasteiger partial charge in [0.05, 0.1) is 5.75 Å². The molecule has 3 rings (SSSR count). The lowest BCUT2D eigenvalue weighted by Gasteiger charge is -2.26. The number of hydrogen-bond acceptors (Lipinski definition) is 4. The van der Waals surface area contributed by atoms with Gasteiger partial charge in [-0.2, -0.15) is 0 Å². The molecule has 1 aromatic carbocycles. The van der Waals surface area contributed by atoms with E-state index >= 15 is 0 Å². The molecule has 0 saturated carbocycles. The number of aryl methyl sites for hydroxylation is 1. The zero-order valence-electron chi connectivity index (χ0n) is 15.7. The SMILES string of the molecule is Cc1nc(SCC(=O)N2CCCCC2)n(C)c(=O)c1Cc1cccc(Cl)c1. The van der Waals surface area contributed by atoms with Gasteiger partial charge < -0.3 is 4.90 Å². The standard InChI is InChI=1S/C20H24ClN3O2S/c1-14-17(12-15-7-6-8-16(21)11-15)19(26)23(2)20(22-14)27-13-18(25)24-9-4-3-5-10-24/h6-8,11H,3-5,9-10,12-13H2,1-2H3. The van der Waals surface area contributed by atoms with Gasteiger partial charge in [-0.15, -0.1) is 0 Å². The molecular weight excluding hydrogens is 382 g/mol. The molecule has 0 atom stereocenters. The third-order valence-corrected chi connectivity index (χ3v) is 6.10. The van der Waals surface area contributed by atoms with Crippen LogP contribution in [0.15, 0.2) is 34.2 Å². The van der Waals surface area contributed by atoms with Crippen molar-refractivity contribution in [2.45, 2.75) is 37.8 Å². The highest BCUT2D eigenvalue weighted by Gasteiger charge is 2.18. The fraction of sp³-hybridized carbons (Fsp3) is 0.450. The van der Waals surface area contributed by atoms with Crippen molar-refractivity contribution in [2.75, 3.05) is 18.8 Å². The zero-order chi connectivity index (χ0) is 19.4. The van der Waals surface area contributed by atoms with Crippen LogP contribution in [0.5, 0.6) is 0 Å². The van der Waals surface area contributed by atoms with Crippen LogP contribution in [0.25, 0.3) is 0 Å². The van der Waals surface area contributed by atoms with Crippen molar-refractivity contribution in [3.8, 4) is 0 Å². The number of piperidine rings is 1. The minimum Gasteiger partial charge on any atom is -0.342 e. The molecule has 0 unspecified atom stereocenters. The molecule has 0 spiro atoms. The topological polar surface area (TPSA) is 55.2 Å². The summed E-state index contributed by atoms with van der Waals surface area (Å²) in [7, 11) is 1.71. The maximum atomic E-state index is 12.8. The van der Waals surface area contributed by atoms with Crippen molar-refractivity contribution in [2.24, 2.45) is 7.05 Å². The highest BCUT2D eigenvalue weighted by atomic mass is 35.5. The molecular formula is C20H24ClN3O2S. The van der Waals surface area contributed by atoms with Gasteiger partial charge in [-0.25, -0.2) is 4.98 Å². The Balaban J connectivity index is 1.74. The summed E-state index contributed by atoms with van der Waals surface area (Å²) in [4.78, 5) is 31.7. The second kappa shape index (κ2) is 8.93. The van der Waals surface area contributed by atoms with E-state index in [-0.39, 0.29) is 11.5 Å². The van der Waals surface area contributed by atoms with E-state index in [1.807, 2.05) is 36.1 Å². The highest BCUT2D eigenvalue weighted by Crippen LogP contribution is 2.19. The predicted molar refractivity (Wildman–Crippen MR) is 110 cm³/mol. The smallest absolute Gasteiger partial charge is 0.257 e. The van der Waals surface area contributed by atoms with E-state index in [9.17, 15) is 9.59 Å². The van der Waals surface area contributed by atoms with Gasteiger partial charge in [-0.1, -0.05) is 35.5 Å². The van der Waals surface area contributed by atoms with Crippen LogP contribution in [0, 0.1) is 6.92 Å². The van der Waals surface area contributed by atoms with Crippen LogP contribution in [0.3, 0.4) is 0 Å². The summed E-state index contributed by atoms with van der Waals surface area (Å²) in [6, 6.07) is 7.50. The van der Waals surface area contributed by atoms with Crippen molar-refractivity contribution in [1.29, 1.82) is 0 Å². The lowest BCUT2D eigenvalue weighted by atomic mass is 10.1. The molecule has 7 heteroatoms. The van der Waals surface area contributed by atoms with E-state index in [0.29, 0.717) is 33.6 Å². The third kappa shape index (κ3) is 4.93. The lowest BCUT2D eigenvalue weighted by molar-refractivity contribution is -0.129. The van der Waals surface area contributed by atoms with E-state index in [4.69, 9.17) is 11.6 Å². The average Bonchev–Trinajstić information content (AvgIpc) is 2.67. The van der Waals surface area contributed by atoms with Gasteiger partial charge in [-0.3, -0.25) is 14.2 Å². The largest absolute Gasteiger partial charge is 0.342 e. The molecule has 1 aromatic heterocycles. The monoisotopic (exact) mass is 405 g/mol. The zero-order valence-corrected chi connectivity index (χ0v) is 17.3. The van der Waals surface area contributed by atoms with E-state index in [1.165, 1.54) is 18.2 Å². The Morgan fingerprint density at radius 1 is 1.26 bits per heavy atom. The molecule has 0 aliphatic carbocycles. The van der Waals surface area contributed by atoms with Crippen molar-refractivity contribution >= 4 is 29.3 Å². The van der Waals surface area contributed by atoms with Crippen LogP contribution < -0.4 is 5.56 Å². The average molecular weight is 406 g/mol. The second-order valence-corrected chi connectivity index (χ2v) is 8.24. The number of carbonyl (C=O) groups is 1. The first-order valence-electron chi connectivity index (χ1n) is 9.17. The van der Waals surface area contributed by atoms with Crippen molar-refractivity contribution in [3.05, 3.63) is 56.5 Å². The van der Waals surface area contributed by atoms with Crippen LogP contribution in [-0.4, -0.2) is 39.2 Å². The molecule has 144 valence electrons. The Morgan fingerprint density at radius 3 is 2.70 bits per heavy atom. The fourth-order valence-corrected chi connectivity index (χ4v) is 4.40. The molecule has 0 radical (unpaired) electrons. The fourth-order valence-electron chi connectivity index (χ4n) is 3.27. The summed E-state index contributed by atoms with van der Waals surface area (Å²) in [5.74, 6) is 0.433. The first-order chi connectivity index (χ1) is 13.0. The van der Waals surface area contributed by atoms with Gasteiger partial charge in [0.15, 0.2) is 5.16 Å². The normalized spacial score (nSPS) is 14.4. The van der Waals surface area contributed by atoms with Crippen LogP contribution in [0.2, 0.25) is 5.02 Å². The highest BCUT2D eigenvalue weighted by molar-refractivity contribution is 7.99. The number of aromatic nitrogens is 2. The molecule has 5 nitrogen and oxygen atoms in total. The number of carbonyl (C=O) groups excluding carboxylic acids is 1. The lowest BCUT2D eigenvalue weighted by Crippen LogP contribution is -2.37. The summed E-state index contributed by atoms with van der Waals surface area (Å²) in [6.07, 6.45) is 3.83. The van der Waals surface area contributed by atoms with E-state index < -0.39 is 0 Å². The number of amides is 1. The van der Waals surface area contributed by atoms with Gasteiger partial charge in [0.1, 0.15) is 0 Å². The van der Waals surface area contributed by atoms with Crippen LogP contribution in [0.1, 0.15) is 36.1 Å². The first-order valence-corrected chi connectivity index (χ1v) is 10.5. The van der Waals surface area contributed by atoms with Gasteiger partial charge in [0.25, 0.3) is 5.56 Å². The molecule has 1 aliphatic rings. The molecule has 1 amide bonds. The number of rotatable bonds is 5. The van der Waals surface area contributed by atoms with E-state index in [1.54, 1.807) is 11.6 Å². The van der Waals surface area contributed by atoms with Gasteiger partial charge in [0, 0.05) is 42.8 Å². The molecule has 0 bridgehead atoms. The molecule has 2 heterocycles. The summed E-state index contributed by atoms with van der Waals surface area (Å²) in [5, 5.41) is 1.23. The number of hydrogen-bond donors (Lipinski definition) is 0. The minimum atomic E-state index is -0.0737. The Labute approximate surface area is 168 Å². The van der Waals surface area contributed by atoms with Gasteiger partial charge >= 0.3 is 0 Å². The van der Waals surface area contributed by atoms with E-state index in [2.05, 4.69) is 4.98 Å². The van der Waals surface area contributed by atoms with Crippen molar-refractivity contribution in [3.63, 3.8) is 0 Å². The molecule has 2 aromatic rings. The predicted octanol–water partition coefficient (Wildman–Crippen LogP) is 3.44. The quantitative estimate of drug-likeness (QED) is 0.564. The maximum absolute atomic E-state index is 12.8. The van der Waals surface area contributed by atoms with Gasteiger partial charge in [0.2, 0.25) is 5.91 Å². The number of nitrogens with zero attached hydrogens (tertiary/aromatic N) is 3. The van der Waals surface area contributed by atoms with Crippen molar-refractivity contribution < 1.29 is 4.79 Å². The summed E-state index contributed by atoms with van der Waals surface area (Å²) >= 11 is 7.38. The van der Waals surface area contributed by atoms with Crippen LogP contribution in [-0.2, 0) is 18.3 Å².